The molecular weight excluding hydrogens is 354 g/mol. The molecule has 2 aliphatic rings. The van der Waals surface area contributed by atoms with Crippen LogP contribution in [-0.4, -0.2) is 74.1 Å². The van der Waals surface area contributed by atoms with Gasteiger partial charge in [0.2, 0.25) is 0 Å². The second-order valence-corrected chi connectivity index (χ2v) is 10.6. The van der Waals surface area contributed by atoms with Crippen LogP contribution < -0.4 is 0 Å². The number of hydrogen-bond acceptors (Lipinski definition) is 3. The number of piperazine rings is 1. The zero-order chi connectivity index (χ0) is 22.1. The van der Waals surface area contributed by atoms with Crippen molar-refractivity contribution in [2.24, 2.45) is 17.8 Å². The van der Waals surface area contributed by atoms with Crippen molar-refractivity contribution in [3.63, 3.8) is 0 Å². The first kappa shape index (κ1) is 28.9. The van der Waals surface area contributed by atoms with Gasteiger partial charge < -0.3 is 14.7 Å². The molecule has 2 aliphatic heterocycles. The van der Waals surface area contributed by atoms with Gasteiger partial charge in [0.1, 0.15) is 0 Å². The Morgan fingerprint density at radius 2 is 0.966 bits per heavy atom. The summed E-state index contributed by atoms with van der Waals surface area (Å²) in [5.74, 6) is 2.62. The zero-order valence-corrected chi connectivity index (χ0v) is 21.7. The Labute approximate surface area is 185 Å². The number of likely N-dealkylation sites (N-methyl/N-ethyl adjacent to an activating group) is 1. The average Bonchev–Trinajstić information content (AvgIpc) is 2.67. The fourth-order valence-corrected chi connectivity index (χ4v) is 3.71. The van der Waals surface area contributed by atoms with Crippen LogP contribution in [0.2, 0.25) is 0 Å². The van der Waals surface area contributed by atoms with Crippen LogP contribution in [0.1, 0.15) is 93.4 Å². The highest BCUT2D eigenvalue weighted by Crippen LogP contribution is 2.10. The average molecular weight is 412 g/mol. The molecule has 0 atom stereocenters. The molecule has 0 saturated carbocycles. The van der Waals surface area contributed by atoms with Gasteiger partial charge in [-0.05, 0) is 76.7 Å². The normalized spacial score (nSPS) is 19.1. The highest BCUT2D eigenvalue weighted by atomic mass is 15.2. The maximum absolute atomic E-state index is 2.61. The van der Waals surface area contributed by atoms with E-state index in [1.54, 1.807) is 0 Å². The molecule has 0 aliphatic carbocycles. The van der Waals surface area contributed by atoms with Crippen molar-refractivity contribution in [2.75, 3.05) is 59.4 Å². The second kappa shape index (κ2) is 18.6. The highest BCUT2D eigenvalue weighted by molar-refractivity contribution is 4.69. The molecule has 2 rings (SSSR count). The summed E-state index contributed by atoms with van der Waals surface area (Å²) in [6.07, 6.45) is 9.75. The largest absolute Gasteiger partial charge is 0.304 e. The van der Waals surface area contributed by atoms with Crippen molar-refractivity contribution in [1.29, 1.82) is 0 Å². The van der Waals surface area contributed by atoms with Crippen LogP contribution in [0.15, 0.2) is 0 Å². The Balaban J connectivity index is 0.000000430. The van der Waals surface area contributed by atoms with Crippen LogP contribution >= 0.6 is 0 Å². The molecule has 176 valence electrons. The van der Waals surface area contributed by atoms with Gasteiger partial charge in [-0.3, -0.25) is 0 Å². The first-order valence-electron chi connectivity index (χ1n) is 12.9. The van der Waals surface area contributed by atoms with E-state index in [-0.39, 0.29) is 0 Å². The van der Waals surface area contributed by atoms with Crippen molar-refractivity contribution < 1.29 is 0 Å². The van der Waals surface area contributed by atoms with Crippen LogP contribution in [0.5, 0.6) is 0 Å². The third kappa shape index (κ3) is 19.6. The molecule has 0 aromatic heterocycles. The van der Waals surface area contributed by atoms with Crippen molar-refractivity contribution in [3.8, 4) is 0 Å². The molecule has 0 aromatic rings. The van der Waals surface area contributed by atoms with Gasteiger partial charge in [-0.1, -0.05) is 67.7 Å². The molecule has 0 radical (unpaired) electrons. The summed E-state index contributed by atoms with van der Waals surface area (Å²) in [6, 6.07) is 0. The fraction of sp³-hybridized carbons (Fsp3) is 1.00. The molecule has 2 fully saturated rings. The Kier molecular flexibility index (Phi) is 18.6. The smallest absolute Gasteiger partial charge is 0.0110 e. The summed E-state index contributed by atoms with van der Waals surface area (Å²) in [4.78, 5) is 7.61. The Morgan fingerprint density at radius 1 is 0.552 bits per heavy atom. The summed E-state index contributed by atoms with van der Waals surface area (Å²) >= 11 is 0. The molecule has 0 aromatic carbocycles. The van der Waals surface area contributed by atoms with Gasteiger partial charge in [0.05, 0.1) is 0 Å². The first-order valence-corrected chi connectivity index (χ1v) is 12.9. The summed E-state index contributed by atoms with van der Waals surface area (Å²) in [6.45, 7) is 26.3. The van der Waals surface area contributed by atoms with E-state index in [0.29, 0.717) is 0 Å². The van der Waals surface area contributed by atoms with Gasteiger partial charge in [-0.15, -0.1) is 0 Å². The van der Waals surface area contributed by atoms with Crippen molar-refractivity contribution >= 4 is 0 Å². The van der Waals surface area contributed by atoms with Crippen molar-refractivity contribution in [1.82, 2.24) is 14.7 Å². The van der Waals surface area contributed by atoms with E-state index in [0.717, 1.165) is 17.8 Å². The molecular formula is C26H57N3. The lowest BCUT2D eigenvalue weighted by molar-refractivity contribution is 0.148. The van der Waals surface area contributed by atoms with Crippen LogP contribution in [0.4, 0.5) is 0 Å². The summed E-state index contributed by atoms with van der Waals surface area (Å²) in [5.41, 5.74) is 0. The molecule has 0 spiro atoms. The molecule has 3 nitrogen and oxygen atoms in total. The molecule has 3 heteroatoms. The van der Waals surface area contributed by atoms with Gasteiger partial charge in [0, 0.05) is 26.2 Å². The third-order valence-electron chi connectivity index (χ3n) is 5.96. The van der Waals surface area contributed by atoms with Gasteiger partial charge in [-0.25, -0.2) is 0 Å². The Morgan fingerprint density at radius 3 is 1.31 bits per heavy atom. The van der Waals surface area contributed by atoms with Crippen molar-refractivity contribution in [2.45, 2.75) is 93.4 Å². The quantitative estimate of drug-likeness (QED) is 0.468. The summed E-state index contributed by atoms with van der Waals surface area (Å²) in [5, 5.41) is 0. The number of nitrogens with zero attached hydrogens (tertiary/aromatic N) is 3. The minimum Gasteiger partial charge on any atom is -0.304 e. The number of rotatable bonds is 8. The fourth-order valence-electron chi connectivity index (χ4n) is 3.71. The van der Waals surface area contributed by atoms with Crippen LogP contribution in [0, 0.1) is 17.8 Å². The van der Waals surface area contributed by atoms with E-state index >= 15 is 0 Å². The van der Waals surface area contributed by atoms with Crippen LogP contribution in [-0.2, 0) is 0 Å². The van der Waals surface area contributed by atoms with Gasteiger partial charge in [0.15, 0.2) is 0 Å². The highest BCUT2D eigenvalue weighted by Gasteiger charge is 2.13. The lowest BCUT2D eigenvalue weighted by Crippen LogP contribution is -2.44. The predicted molar refractivity (Wildman–Crippen MR) is 133 cm³/mol. The van der Waals surface area contributed by atoms with E-state index in [2.05, 4.69) is 70.2 Å². The summed E-state index contributed by atoms with van der Waals surface area (Å²) in [7, 11) is 2.21. The summed E-state index contributed by atoms with van der Waals surface area (Å²) < 4.78 is 0. The van der Waals surface area contributed by atoms with Crippen LogP contribution in [0.25, 0.3) is 0 Å². The van der Waals surface area contributed by atoms with Crippen molar-refractivity contribution in [3.05, 3.63) is 0 Å². The molecule has 0 unspecified atom stereocenters. The third-order valence-corrected chi connectivity index (χ3v) is 5.96. The van der Waals surface area contributed by atoms with Gasteiger partial charge >= 0.3 is 0 Å². The predicted octanol–water partition coefficient (Wildman–Crippen LogP) is 6.24. The SMILES string of the molecule is CC(C)CCN1CCCCC1.CC(C)CCN1CCN(C)CC1.CCCC(C)C. The van der Waals surface area contributed by atoms with E-state index < -0.39 is 0 Å². The molecule has 2 saturated heterocycles. The lowest BCUT2D eigenvalue weighted by atomic mass is 10.1. The van der Waals surface area contributed by atoms with E-state index in [9.17, 15) is 0 Å². The molecule has 0 N–H and O–H groups in total. The molecule has 0 bridgehead atoms. The monoisotopic (exact) mass is 411 g/mol. The van der Waals surface area contributed by atoms with Gasteiger partial charge in [-0.2, -0.15) is 0 Å². The standard InChI is InChI=1S/C10H22N2.C10H21N.C6H14/c1-10(2)4-5-12-8-6-11(3)7-9-12;1-10(2)6-9-11-7-4-3-5-8-11;1-4-5-6(2)3/h10H,4-9H2,1-3H3;10H,3-9H2,1-2H3;6H,4-5H2,1-3H3. The van der Waals surface area contributed by atoms with Gasteiger partial charge in [0.25, 0.3) is 0 Å². The maximum atomic E-state index is 2.61. The minimum atomic E-state index is 0.852. The number of hydrogen-bond donors (Lipinski definition) is 0. The molecule has 2 heterocycles. The minimum absolute atomic E-state index is 0.852. The second-order valence-electron chi connectivity index (χ2n) is 10.6. The topological polar surface area (TPSA) is 9.72 Å². The van der Waals surface area contributed by atoms with E-state index in [1.165, 1.54) is 97.3 Å². The van der Waals surface area contributed by atoms with E-state index in [4.69, 9.17) is 0 Å². The Hall–Kier alpha value is -0.120. The first-order chi connectivity index (χ1) is 13.7. The number of likely N-dealkylation sites (tertiary alicyclic amines) is 1. The molecule has 29 heavy (non-hydrogen) atoms. The Bertz CT molecular complexity index is 327. The zero-order valence-electron chi connectivity index (χ0n) is 21.7. The van der Waals surface area contributed by atoms with Crippen LogP contribution in [0.3, 0.4) is 0 Å². The maximum Gasteiger partial charge on any atom is 0.0110 e. The number of piperidine rings is 1. The lowest BCUT2D eigenvalue weighted by Gasteiger charge is -2.32. The molecule has 0 amide bonds. The van der Waals surface area contributed by atoms with E-state index in [1.807, 2.05) is 0 Å².